The summed E-state index contributed by atoms with van der Waals surface area (Å²) in [5.74, 6) is 0. The molecule has 76 valence electrons. The van der Waals surface area contributed by atoms with Crippen LogP contribution in [0.5, 0.6) is 0 Å². The molecule has 0 aromatic rings. The largest absolute Gasteiger partial charge is 0.328 e. The van der Waals surface area contributed by atoms with Crippen LogP contribution < -0.4 is 5.32 Å². The van der Waals surface area contributed by atoms with E-state index in [9.17, 15) is 4.79 Å². The topological polar surface area (TPSA) is 32.3 Å². The minimum Gasteiger partial charge on any atom is -0.328 e. The fraction of sp³-hybridized carbons (Fsp3) is 0.700. The van der Waals surface area contributed by atoms with Crippen molar-refractivity contribution in [1.82, 2.24) is 10.2 Å². The third-order valence-corrected chi connectivity index (χ3v) is 1.75. The number of amides is 2. The van der Waals surface area contributed by atoms with E-state index in [1.807, 2.05) is 20.0 Å². The van der Waals surface area contributed by atoms with E-state index >= 15 is 0 Å². The molecule has 3 heteroatoms. The molecule has 3 nitrogen and oxygen atoms in total. The summed E-state index contributed by atoms with van der Waals surface area (Å²) in [5.41, 5.74) is 0. The Kier molecular flexibility index (Phi) is 7.07. The van der Waals surface area contributed by atoms with Gasteiger partial charge in [0.2, 0.25) is 0 Å². The summed E-state index contributed by atoms with van der Waals surface area (Å²) < 4.78 is 0. The van der Waals surface area contributed by atoms with Crippen molar-refractivity contribution >= 4 is 6.03 Å². The van der Waals surface area contributed by atoms with E-state index in [-0.39, 0.29) is 6.03 Å². The van der Waals surface area contributed by atoms with Crippen molar-refractivity contribution in [3.8, 4) is 0 Å². The van der Waals surface area contributed by atoms with Gasteiger partial charge in [0.1, 0.15) is 0 Å². The number of rotatable bonds is 5. The Labute approximate surface area is 80.8 Å². The SMILES string of the molecule is CC/C=C/NC(=O)N(C)CCCC. The fourth-order valence-corrected chi connectivity index (χ4v) is 0.855. The maximum absolute atomic E-state index is 11.3. The second-order valence-electron chi connectivity index (χ2n) is 3.04. The van der Waals surface area contributed by atoms with Gasteiger partial charge in [0.15, 0.2) is 0 Å². The number of urea groups is 1. The zero-order valence-corrected chi connectivity index (χ0v) is 8.84. The van der Waals surface area contributed by atoms with Gasteiger partial charge in [-0.1, -0.05) is 26.3 Å². The summed E-state index contributed by atoms with van der Waals surface area (Å²) in [6, 6.07) is -0.0295. The molecule has 0 unspecified atom stereocenters. The second-order valence-corrected chi connectivity index (χ2v) is 3.04. The van der Waals surface area contributed by atoms with Gasteiger partial charge in [0.05, 0.1) is 0 Å². The normalized spacial score (nSPS) is 10.4. The minimum absolute atomic E-state index is 0.0295. The lowest BCUT2D eigenvalue weighted by Gasteiger charge is -2.15. The van der Waals surface area contributed by atoms with Crippen LogP contribution in [0.2, 0.25) is 0 Å². The van der Waals surface area contributed by atoms with Gasteiger partial charge < -0.3 is 10.2 Å². The van der Waals surface area contributed by atoms with Gasteiger partial charge in [0, 0.05) is 19.8 Å². The van der Waals surface area contributed by atoms with Crippen molar-refractivity contribution in [3.05, 3.63) is 12.3 Å². The van der Waals surface area contributed by atoms with Crippen LogP contribution in [0, 0.1) is 0 Å². The molecule has 2 amide bonds. The predicted molar refractivity (Wildman–Crippen MR) is 55.5 cm³/mol. The molecule has 0 rings (SSSR count). The number of hydrogen-bond acceptors (Lipinski definition) is 1. The van der Waals surface area contributed by atoms with Crippen LogP contribution in [0.25, 0.3) is 0 Å². The third kappa shape index (κ3) is 6.20. The van der Waals surface area contributed by atoms with E-state index in [0.29, 0.717) is 0 Å². The van der Waals surface area contributed by atoms with Crippen LogP contribution in [0.1, 0.15) is 33.1 Å². The molecule has 0 aliphatic heterocycles. The van der Waals surface area contributed by atoms with E-state index in [0.717, 1.165) is 25.8 Å². The Morgan fingerprint density at radius 1 is 1.46 bits per heavy atom. The number of nitrogens with one attached hydrogen (secondary N) is 1. The summed E-state index contributed by atoms with van der Waals surface area (Å²) in [5, 5.41) is 2.70. The lowest BCUT2D eigenvalue weighted by atomic mass is 10.3. The molecule has 0 aromatic heterocycles. The molecule has 0 fully saturated rings. The first kappa shape index (κ1) is 12.0. The average molecular weight is 184 g/mol. The Bertz CT molecular complexity index is 166. The van der Waals surface area contributed by atoms with E-state index in [1.54, 1.807) is 11.1 Å². The van der Waals surface area contributed by atoms with E-state index < -0.39 is 0 Å². The molecule has 13 heavy (non-hydrogen) atoms. The van der Waals surface area contributed by atoms with Gasteiger partial charge in [-0.2, -0.15) is 0 Å². The number of hydrogen-bond donors (Lipinski definition) is 1. The van der Waals surface area contributed by atoms with Crippen molar-refractivity contribution in [2.45, 2.75) is 33.1 Å². The molecule has 0 saturated carbocycles. The lowest BCUT2D eigenvalue weighted by Crippen LogP contribution is -2.34. The number of carbonyl (C=O) groups excluding carboxylic acids is 1. The maximum Gasteiger partial charge on any atom is 0.321 e. The molecule has 0 saturated heterocycles. The number of allylic oxidation sites excluding steroid dienone is 1. The third-order valence-electron chi connectivity index (χ3n) is 1.75. The summed E-state index contributed by atoms with van der Waals surface area (Å²) in [4.78, 5) is 13.0. The van der Waals surface area contributed by atoms with Crippen molar-refractivity contribution in [2.24, 2.45) is 0 Å². The first-order valence-corrected chi connectivity index (χ1v) is 4.89. The molecule has 1 N–H and O–H groups in total. The molecule has 0 heterocycles. The summed E-state index contributed by atoms with van der Waals surface area (Å²) >= 11 is 0. The highest BCUT2D eigenvalue weighted by Gasteiger charge is 2.03. The zero-order chi connectivity index (χ0) is 10.1. The van der Waals surface area contributed by atoms with Gasteiger partial charge in [0.25, 0.3) is 0 Å². The Balaban J connectivity index is 3.62. The number of unbranched alkanes of at least 4 members (excludes halogenated alkanes) is 1. The van der Waals surface area contributed by atoms with Gasteiger partial charge in [-0.25, -0.2) is 4.79 Å². The quantitative estimate of drug-likeness (QED) is 0.699. The lowest BCUT2D eigenvalue weighted by molar-refractivity contribution is 0.212. The van der Waals surface area contributed by atoms with Crippen LogP contribution in [0.3, 0.4) is 0 Å². The Morgan fingerprint density at radius 3 is 2.69 bits per heavy atom. The van der Waals surface area contributed by atoms with Crippen LogP contribution in [-0.2, 0) is 0 Å². The van der Waals surface area contributed by atoms with Crippen LogP contribution >= 0.6 is 0 Å². The van der Waals surface area contributed by atoms with Crippen molar-refractivity contribution < 1.29 is 4.79 Å². The zero-order valence-electron chi connectivity index (χ0n) is 8.84. The van der Waals surface area contributed by atoms with Crippen molar-refractivity contribution in [3.63, 3.8) is 0 Å². The Morgan fingerprint density at radius 2 is 2.15 bits per heavy atom. The molecule has 0 aliphatic carbocycles. The molecule has 0 radical (unpaired) electrons. The molecular formula is C10H20N2O. The van der Waals surface area contributed by atoms with E-state index in [2.05, 4.69) is 12.2 Å². The van der Waals surface area contributed by atoms with Crippen molar-refractivity contribution in [1.29, 1.82) is 0 Å². The standard InChI is InChI=1S/C10H20N2O/c1-4-6-8-11-10(13)12(3)9-7-5-2/h6,8H,4-5,7,9H2,1-3H3,(H,11,13)/b8-6+. The molecule has 0 atom stereocenters. The Hall–Kier alpha value is -0.990. The van der Waals surface area contributed by atoms with Gasteiger partial charge >= 0.3 is 6.03 Å². The maximum atomic E-state index is 11.3. The molecule has 0 aromatic carbocycles. The summed E-state index contributed by atoms with van der Waals surface area (Å²) in [6.07, 6.45) is 6.74. The fourth-order valence-electron chi connectivity index (χ4n) is 0.855. The minimum atomic E-state index is -0.0295. The molecular weight excluding hydrogens is 164 g/mol. The first-order valence-electron chi connectivity index (χ1n) is 4.89. The van der Waals surface area contributed by atoms with Gasteiger partial charge in [-0.3, -0.25) is 0 Å². The number of nitrogens with zero attached hydrogens (tertiary/aromatic N) is 1. The van der Waals surface area contributed by atoms with Crippen LogP contribution in [0.15, 0.2) is 12.3 Å². The highest BCUT2D eigenvalue weighted by molar-refractivity contribution is 5.74. The van der Waals surface area contributed by atoms with E-state index in [1.165, 1.54) is 0 Å². The number of carbonyl (C=O) groups is 1. The molecule has 0 bridgehead atoms. The summed E-state index contributed by atoms with van der Waals surface area (Å²) in [7, 11) is 1.81. The van der Waals surface area contributed by atoms with Gasteiger partial charge in [-0.05, 0) is 12.8 Å². The summed E-state index contributed by atoms with van der Waals surface area (Å²) in [6.45, 7) is 4.97. The smallest absolute Gasteiger partial charge is 0.321 e. The highest BCUT2D eigenvalue weighted by Crippen LogP contribution is 1.91. The second kappa shape index (κ2) is 7.65. The van der Waals surface area contributed by atoms with Crippen LogP contribution in [-0.4, -0.2) is 24.5 Å². The average Bonchev–Trinajstić information content (AvgIpc) is 2.14. The molecule has 0 aliphatic rings. The highest BCUT2D eigenvalue weighted by atomic mass is 16.2. The van der Waals surface area contributed by atoms with E-state index in [4.69, 9.17) is 0 Å². The van der Waals surface area contributed by atoms with Crippen LogP contribution in [0.4, 0.5) is 4.79 Å². The first-order chi connectivity index (χ1) is 6.22. The monoisotopic (exact) mass is 184 g/mol. The predicted octanol–water partition coefficient (Wildman–Crippen LogP) is 2.35. The van der Waals surface area contributed by atoms with Gasteiger partial charge in [-0.15, -0.1) is 0 Å². The molecule has 0 spiro atoms. The van der Waals surface area contributed by atoms with Crippen molar-refractivity contribution in [2.75, 3.05) is 13.6 Å².